The predicted octanol–water partition coefficient (Wildman–Crippen LogP) is 2.34. The summed E-state index contributed by atoms with van der Waals surface area (Å²) in [4.78, 5) is 41.7. The zero-order valence-corrected chi connectivity index (χ0v) is 13.2. The number of carbonyl (C=O) groups excluding carboxylic acids is 1. The molecule has 0 aliphatic carbocycles. The Bertz CT molecular complexity index is 1240. The highest BCUT2D eigenvalue weighted by Gasteiger charge is 2.15. The van der Waals surface area contributed by atoms with Crippen molar-refractivity contribution >= 4 is 34.2 Å². The minimum Gasteiger partial charge on any atom is -0.307 e. The van der Waals surface area contributed by atoms with Gasteiger partial charge in [-0.25, -0.2) is 4.98 Å². The molecule has 1 amide bonds. The number of imidazole rings is 1. The van der Waals surface area contributed by atoms with Crippen LogP contribution in [0, 0.1) is 10.1 Å². The van der Waals surface area contributed by atoms with Crippen molar-refractivity contribution in [3.63, 3.8) is 0 Å². The van der Waals surface area contributed by atoms with E-state index in [0.717, 1.165) is 0 Å². The Balaban J connectivity index is 1.82. The van der Waals surface area contributed by atoms with Crippen molar-refractivity contribution in [2.24, 2.45) is 0 Å². The lowest BCUT2D eigenvalue weighted by Gasteiger charge is -2.08. The number of amides is 1. The molecule has 9 heteroatoms. The second kappa shape index (κ2) is 5.81. The fraction of sp³-hybridized carbons (Fsp3) is 0. The van der Waals surface area contributed by atoms with E-state index in [4.69, 9.17) is 0 Å². The molecule has 0 radical (unpaired) electrons. The smallest absolute Gasteiger partial charge is 0.270 e. The highest BCUT2D eigenvalue weighted by molar-refractivity contribution is 6.04. The molecule has 0 spiro atoms. The van der Waals surface area contributed by atoms with Gasteiger partial charge in [0.05, 0.1) is 16.0 Å². The molecular weight excluding hydrogens is 338 g/mol. The van der Waals surface area contributed by atoms with Crippen LogP contribution in [0.2, 0.25) is 0 Å². The van der Waals surface area contributed by atoms with Gasteiger partial charge in [-0.3, -0.25) is 29.1 Å². The van der Waals surface area contributed by atoms with Crippen LogP contribution in [0.25, 0.3) is 16.8 Å². The van der Waals surface area contributed by atoms with Crippen molar-refractivity contribution in [2.45, 2.75) is 0 Å². The minimum atomic E-state index is -0.578. The van der Waals surface area contributed by atoms with E-state index in [0.29, 0.717) is 11.0 Å². The van der Waals surface area contributed by atoms with Crippen molar-refractivity contribution in [3.8, 4) is 0 Å². The number of aromatic amines is 1. The first-order chi connectivity index (χ1) is 12.5. The van der Waals surface area contributed by atoms with Crippen LogP contribution in [0.5, 0.6) is 0 Å². The normalized spacial score (nSPS) is 10.9. The number of aromatic nitrogens is 3. The SMILES string of the molecule is O=C(Nc1cc(=O)[nH]c2nc3ccccc3n12)c1cccc([N+](=O)[O-])c1. The maximum atomic E-state index is 12.5. The van der Waals surface area contributed by atoms with E-state index in [1.807, 2.05) is 12.1 Å². The zero-order valence-electron chi connectivity index (χ0n) is 13.2. The molecule has 0 saturated carbocycles. The van der Waals surface area contributed by atoms with Crippen LogP contribution in [0.3, 0.4) is 0 Å². The molecule has 0 bridgehead atoms. The molecule has 0 aliphatic heterocycles. The van der Waals surface area contributed by atoms with Gasteiger partial charge in [-0.1, -0.05) is 18.2 Å². The Morgan fingerprint density at radius 2 is 1.96 bits per heavy atom. The Labute approximate surface area is 145 Å². The van der Waals surface area contributed by atoms with Crippen molar-refractivity contribution in [3.05, 3.63) is 80.6 Å². The molecule has 128 valence electrons. The number of hydrogen-bond acceptors (Lipinski definition) is 5. The van der Waals surface area contributed by atoms with Gasteiger partial charge in [0, 0.05) is 23.8 Å². The second-order valence-electron chi connectivity index (χ2n) is 5.54. The third-order valence-corrected chi connectivity index (χ3v) is 3.87. The van der Waals surface area contributed by atoms with E-state index in [-0.39, 0.29) is 22.8 Å². The van der Waals surface area contributed by atoms with Crippen LogP contribution in [0.1, 0.15) is 10.4 Å². The van der Waals surface area contributed by atoms with Gasteiger partial charge >= 0.3 is 0 Å². The molecule has 0 aliphatic rings. The largest absolute Gasteiger partial charge is 0.307 e. The number of carbonyl (C=O) groups is 1. The lowest BCUT2D eigenvalue weighted by Crippen LogP contribution is -2.18. The van der Waals surface area contributed by atoms with Crippen molar-refractivity contribution in [2.75, 3.05) is 5.32 Å². The number of nitrogens with zero attached hydrogens (tertiary/aromatic N) is 3. The van der Waals surface area contributed by atoms with E-state index in [9.17, 15) is 19.7 Å². The third-order valence-electron chi connectivity index (χ3n) is 3.87. The fourth-order valence-electron chi connectivity index (χ4n) is 2.73. The molecule has 0 saturated heterocycles. The van der Waals surface area contributed by atoms with Crippen molar-refractivity contribution in [1.29, 1.82) is 0 Å². The number of nitro groups is 1. The van der Waals surface area contributed by atoms with Gasteiger partial charge in [0.25, 0.3) is 17.2 Å². The zero-order chi connectivity index (χ0) is 18.3. The van der Waals surface area contributed by atoms with Crippen molar-refractivity contribution < 1.29 is 9.72 Å². The molecule has 0 fully saturated rings. The topological polar surface area (TPSA) is 122 Å². The number of non-ortho nitro benzene ring substituents is 1. The van der Waals surface area contributed by atoms with E-state index >= 15 is 0 Å². The standard InChI is InChI=1S/C17H11N5O4/c23-15-9-14(19-16(24)10-4-3-5-11(8-10)22(25)26)21-13-7-2-1-6-12(13)18-17(21)20-15/h1-9H,(H,19,24)(H,18,20,23). The van der Waals surface area contributed by atoms with E-state index < -0.39 is 16.4 Å². The second-order valence-corrected chi connectivity index (χ2v) is 5.54. The molecule has 4 rings (SSSR count). The number of fused-ring (bicyclic) bond motifs is 3. The lowest BCUT2D eigenvalue weighted by atomic mass is 10.2. The average molecular weight is 349 g/mol. The van der Waals surface area contributed by atoms with Crippen LogP contribution in [-0.2, 0) is 0 Å². The highest BCUT2D eigenvalue weighted by atomic mass is 16.6. The molecule has 26 heavy (non-hydrogen) atoms. The van der Waals surface area contributed by atoms with Gasteiger partial charge in [-0.15, -0.1) is 0 Å². The molecular formula is C17H11N5O4. The van der Waals surface area contributed by atoms with Crippen molar-refractivity contribution in [1.82, 2.24) is 14.4 Å². The Morgan fingerprint density at radius 3 is 2.77 bits per heavy atom. The molecule has 0 atom stereocenters. The number of para-hydroxylation sites is 2. The summed E-state index contributed by atoms with van der Waals surface area (Å²) in [6.45, 7) is 0. The van der Waals surface area contributed by atoms with Crippen LogP contribution in [0.4, 0.5) is 11.5 Å². The summed E-state index contributed by atoms with van der Waals surface area (Å²) in [6, 6.07) is 13.8. The van der Waals surface area contributed by atoms with Crippen LogP contribution < -0.4 is 10.9 Å². The molecule has 4 aromatic rings. The summed E-state index contributed by atoms with van der Waals surface area (Å²) in [5, 5.41) is 13.5. The monoisotopic (exact) mass is 349 g/mol. The Kier molecular flexibility index (Phi) is 3.47. The van der Waals surface area contributed by atoms with Crippen LogP contribution >= 0.6 is 0 Å². The first kappa shape index (κ1) is 15.5. The van der Waals surface area contributed by atoms with Crippen LogP contribution in [0.15, 0.2) is 59.4 Å². The number of anilines is 1. The summed E-state index contributed by atoms with van der Waals surface area (Å²) < 4.78 is 1.60. The van der Waals surface area contributed by atoms with E-state index in [1.165, 1.54) is 30.3 Å². The van der Waals surface area contributed by atoms with Gasteiger partial charge < -0.3 is 5.32 Å². The first-order valence-corrected chi connectivity index (χ1v) is 7.59. The summed E-state index contributed by atoms with van der Waals surface area (Å²) in [7, 11) is 0. The molecule has 9 nitrogen and oxygen atoms in total. The molecule has 0 unspecified atom stereocenters. The molecule has 2 aromatic carbocycles. The molecule has 2 N–H and O–H groups in total. The summed E-state index contributed by atoms with van der Waals surface area (Å²) in [6.07, 6.45) is 0. The summed E-state index contributed by atoms with van der Waals surface area (Å²) >= 11 is 0. The van der Waals surface area contributed by atoms with Gasteiger partial charge in [-0.2, -0.15) is 0 Å². The number of nitro benzene ring substituents is 1. The quantitative estimate of drug-likeness (QED) is 0.434. The highest BCUT2D eigenvalue weighted by Crippen LogP contribution is 2.20. The van der Waals surface area contributed by atoms with Gasteiger partial charge in [0.15, 0.2) is 0 Å². The van der Waals surface area contributed by atoms with E-state index in [1.54, 1.807) is 16.5 Å². The maximum Gasteiger partial charge on any atom is 0.270 e. The lowest BCUT2D eigenvalue weighted by molar-refractivity contribution is -0.384. The number of nitrogens with one attached hydrogen (secondary N) is 2. The maximum absolute atomic E-state index is 12.5. The molecule has 2 heterocycles. The fourth-order valence-corrected chi connectivity index (χ4v) is 2.73. The Morgan fingerprint density at radius 1 is 1.15 bits per heavy atom. The van der Waals surface area contributed by atoms with Gasteiger partial charge in [0.2, 0.25) is 5.78 Å². The molecule has 2 aromatic heterocycles. The van der Waals surface area contributed by atoms with Gasteiger partial charge in [0.1, 0.15) is 5.82 Å². The average Bonchev–Trinajstić information content (AvgIpc) is 2.99. The number of benzene rings is 2. The summed E-state index contributed by atoms with van der Waals surface area (Å²) in [5.41, 5.74) is 0.842. The third kappa shape index (κ3) is 2.57. The number of hydrogen-bond donors (Lipinski definition) is 2. The first-order valence-electron chi connectivity index (χ1n) is 7.59. The number of H-pyrrole nitrogens is 1. The Hall–Kier alpha value is -4.01. The van der Waals surface area contributed by atoms with Gasteiger partial charge in [-0.05, 0) is 18.2 Å². The van der Waals surface area contributed by atoms with Crippen LogP contribution in [-0.4, -0.2) is 25.2 Å². The minimum absolute atomic E-state index is 0.108. The predicted molar refractivity (Wildman–Crippen MR) is 94.4 cm³/mol. The summed E-state index contributed by atoms with van der Waals surface area (Å²) in [5.74, 6) is -0.0691. The van der Waals surface area contributed by atoms with E-state index in [2.05, 4.69) is 15.3 Å². The number of rotatable bonds is 3.